The number of aromatic nitrogens is 2. The van der Waals surface area contributed by atoms with E-state index in [1.54, 1.807) is 30.5 Å². The van der Waals surface area contributed by atoms with E-state index < -0.39 is 6.09 Å². The Labute approximate surface area is 131 Å². The first-order valence-corrected chi connectivity index (χ1v) is 6.81. The van der Waals surface area contributed by atoms with E-state index in [1.807, 2.05) is 6.07 Å². The van der Waals surface area contributed by atoms with Crippen molar-refractivity contribution in [1.29, 1.82) is 0 Å². The largest absolute Gasteiger partial charge is 0.476 e. The lowest BCUT2D eigenvalue weighted by atomic mass is 10.3. The highest BCUT2D eigenvalue weighted by Crippen LogP contribution is 2.23. The highest BCUT2D eigenvalue weighted by molar-refractivity contribution is 5.70. The summed E-state index contributed by atoms with van der Waals surface area (Å²) >= 11 is 0. The van der Waals surface area contributed by atoms with E-state index in [-0.39, 0.29) is 19.0 Å². The van der Waals surface area contributed by atoms with E-state index in [2.05, 4.69) is 15.5 Å². The standard InChI is InChI=1S/C15H13N3O5/c19-15(17-7-9-21-13-5-1-2-6-16-13)22-14-10-12(23-18-14)11-4-3-8-20-11/h1-6,8,10H,7,9H2,(H,17,19). The van der Waals surface area contributed by atoms with Gasteiger partial charge in [-0.3, -0.25) is 0 Å². The zero-order chi connectivity index (χ0) is 15.9. The van der Waals surface area contributed by atoms with Gasteiger partial charge in [0.1, 0.15) is 6.61 Å². The Morgan fingerprint density at radius 1 is 1.17 bits per heavy atom. The van der Waals surface area contributed by atoms with Crippen LogP contribution in [0.25, 0.3) is 11.5 Å². The molecular formula is C15H13N3O5. The van der Waals surface area contributed by atoms with Crippen LogP contribution in [-0.4, -0.2) is 29.4 Å². The summed E-state index contributed by atoms with van der Waals surface area (Å²) in [5.74, 6) is 1.40. The monoisotopic (exact) mass is 315 g/mol. The summed E-state index contributed by atoms with van der Waals surface area (Å²) in [5.41, 5.74) is 0. The lowest BCUT2D eigenvalue weighted by Crippen LogP contribution is -2.30. The van der Waals surface area contributed by atoms with Gasteiger partial charge in [0.05, 0.1) is 18.9 Å². The molecule has 0 atom stereocenters. The predicted molar refractivity (Wildman–Crippen MR) is 78.0 cm³/mol. The highest BCUT2D eigenvalue weighted by atomic mass is 16.6. The third-order valence-corrected chi connectivity index (χ3v) is 2.71. The van der Waals surface area contributed by atoms with Crippen molar-refractivity contribution in [3.63, 3.8) is 0 Å². The van der Waals surface area contributed by atoms with E-state index in [1.165, 1.54) is 12.3 Å². The lowest BCUT2D eigenvalue weighted by Gasteiger charge is -2.05. The molecule has 0 bridgehead atoms. The molecule has 0 aliphatic heterocycles. The van der Waals surface area contributed by atoms with Gasteiger partial charge in [-0.25, -0.2) is 9.78 Å². The number of hydrogen-bond donors (Lipinski definition) is 1. The molecule has 8 nitrogen and oxygen atoms in total. The highest BCUT2D eigenvalue weighted by Gasteiger charge is 2.12. The first-order valence-electron chi connectivity index (χ1n) is 6.81. The molecule has 118 valence electrons. The van der Waals surface area contributed by atoms with Crippen molar-refractivity contribution in [2.45, 2.75) is 0 Å². The van der Waals surface area contributed by atoms with Crippen LogP contribution in [0.15, 0.2) is 57.8 Å². The van der Waals surface area contributed by atoms with Crippen molar-refractivity contribution >= 4 is 6.09 Å². The molecule has 3 heterocycles. The predicted octanol–water partition coefficient (Wildman–Crippen LogP) is 2.50. The van der Waals surface area contributed by atoms with Crippen LogP contribution >= 0.6 is 0 Å². The van der Waals surface area contributed by atoms with Gasteiger partial charge in [0.15, 0.2) is 5.76 Å². The van der Waals surface area contributed by atoms with E-state index >= 15 is 0 Å². The Morgan fingerprint density at radius 2 is 2.13 bits per heavy atom. The van der Waals surface area contributed by atoms with Crippen LogP contribution in [0.2, 0.25) is 0 Å². The van der Waals surface area contributed by atoms with Crippen LogP contribution < -0.4 is 14.8 Å². The number of hydrogen-bond acceptors (Lipinski definition) is 7. The molecular weight excluding hydrogens is 302 g/mol. The fourth-order valence-corrected chi connectivity index (χ4v) is 1.71. The first kappa shape index (κ1) is 14.6. The van der Waals surface area contributed by atoms with E-state index in [9.17, 15) is 4.79 Å². The summed E-state index contributed by atoms with van der Waals surface area (Å²) in [6, 6.07) is 10.2. The molecule has 3 aromatic rings. The summed E-state index contributed by atoms with van der Waals surface area (Å²) in [6.45, 7) is 0.529. The zero-order valence-corrected chi connectivity index (χ0v) is 12.0. The second-order valence-electron chi connectivity index (χ2n) is 4.34. The van der Waals surface area contributed by atoms with Gasteiger partial charge in [0, 0.05) is 12.3 Å². The third-order valence-electron chi connectivity index (χ3n) is 2.71. The van der Waals surface area contributed by atoms with E-state index in [0.29, 0.717) is 17.4 Å². The van der Waals surface area contributed by atoms with Crippen molar-refractivity contribution in [1.82, 2.24) is 15.5 Å². The van der Waals surface area contributed by atoms with Crippen molar-refractivity contribution < 1.29 is 23.2 Å². The normalized spacial score (nSPS) is 10.3. The van der Waals surface area contributed by atoms with E-state index in [0.717, 1.165) is 0 Å². The average molecular weight is 315 g/mol. The molecule has 1 amide bonds. The molecule has 3 rings (SSSR count). The van der Waals surface area contributed by atoms with Crippen molar-refractivity contribution in [2.24, 2.45) is 0 Å². The Bertz CT molecular complexity index is 740. The van der Waals surface area contributed by atoms with Gasteiger partial charge in [0.25, 0.3) is 5.88 Å². The molecule has 0 saturated heterocycles. The van der Waals surface area contributed by atoms with Crippen LogP contribution in [-0.2, 0) is 0 Å². The maximum atomic E-state index is 11.6. The Morgan fingerprint density at radius 3 is 2.91 bits per heavy atom. The van der Waals surface area contributed by atoms with Gasteiger partial charge in [-0.1, -0.05) is 6.07 Å². The van der Waals surface area contributed by atoms with Crippen LogP contribution in [0.1, 0.15) is 0 Å². The van der Waals surface area contributed by atoms with Crippen molar-refractivity contribution in [2.75, 3.05) is 13.2 Å². The maximum Gasteiger partial charge on any atom is 0.414 e. The smallest absolute Gasteiger partial charge is 0.414 e. The van der Waals surface area contributed by atoms with Gasteiger partial charge in [-0.15, -0.1) is 0 Å². The number of pyridine rings is 1. The summed E-state index contributed by atoms with van der Waals surface area (Å²) in [5, 5.41) is 6.16. The molecule has 0 fully saturated rings. The maximum absolute atomic E-state index is 11.6. The SMILES string of the molecule is O=C(NCCOc1ccccn1)Oc1cc(-c2ccco2)on1. The minimum atomic E-state index is -0.658. The van der Waals surface area contributed by atoms with Crippen LogP contribution in [0, 0.1) is 0 Å². The first-order chi connectivity index (χ1) is 11.3. The van der Waals surface area contributed by atoms with Crippen LogP contribution in [0.3, 0.4) is 0 Å². The van der Waals surface area contributed by atoms with Gasteiger partial charge >= 0.3 is 6.09 Å². The number of carbonyl (C=O) groups excluding carboxylic acids is 1. The molecule has 0 aromatic carbocycles. The Balaban J connectivity index is 1.41. The molecule has 0 aliphatic rings. The molecule has 0 spiro atoms. The van der Waals surface area contributed by atoms with Crippen LogP contribution in [0.5, 0.6) is 11.8 Å². The molecule has 23 heavy (non-hydrogen) atoms. The lowest BCUT2D eigenvalue weighted by molar-refractivity contribution is 0.192. The number of nitrogens with zero attached hydrogens (tertiary/aromatic N) is 2. The fourth-order valence-electron chi connectivity index (χ4n) is 1.71. The quantitative estimate of drug-likeness (QED) is 0.697. The van der Waals surface area contributed by atoms with Gasteiger partial charge in [-0.2, -0.15) is 0 Å². The number of amides is 1. The van der Waals surface area contributed by atoms with Gasteiger partial charge in [0.2, 0.25) is 11.6 Å². The zero-order valence-electron chi connectivity index (χ0n) is 12.0. The topological polar surface area (TPSA) is 99.6 Å². The van der Waals surface area contributed by atoms with Gasteiger partial charge < -0.3 is 23.7 Å². The third kappa shape index (κ3) is 4.10. The van der Waals surface area contributed by atoms with Crippen molar-refractivity contribution in [3.05, 3.63) is 48.9 Å². The summed E-state index contributed by atoms with van der Waals surface area (Å²) in [7, 11) is 0. The minimum Gasteiger partial charge on any atom is -0.476 e. The van der Waals surface area contributed by atoms with Crippen LogP contribution in [0.4, 0.5) is 4.79 Å². The summed E-state index contributed by atoms with van der Waals surface area (Å²) in [6.07, 6.45) is 2.47. The number of ether oxygens (including phenoxy) is 2. The number of furan rings is 1. The summed E-state index contributed by atoms with van der Waals surface area (Å²) < 4.78 is 20.5. The second kappa shape index (κ2) is 7.12. The molecule has 0 saturated carbocycles. The number of nitrogens with one attached hydrogen (secondary N) is 1. The fraction of sp³-hybridized carbons (Fsp3) is 0.133. The van der Waals surface area contributed by atoms with E-state index in [4.69, 9.17) is 18.4 Å². The minimum absolute atomic E-state index is 0.0412. The molecule has 1 N–H and O–H groups in total. The van der Waals surface area contributed by atoms with Crippen molar-refractivity contribution in [3.8, 4) is 23.3 Å². The van der Waals surface area contributed by atoms with Gasteiger partial charge in [-0.05, 0) is 23.4 Å². The molecule has 8 heteroatoms. The number of rotatable bonds is 6. The Kier molecular flexibility index (Phi) is 4.53. The second-order valence-corrected chi connectivity index (χ2v) is 4.34. The Hall–Kier alpha value is -3.29. The molecule has 0 radical (unpaired) electrons. The molecule has 3 aromatic heterocycles. The molecule has 0 aliphatic carbocycles. The average Bonchev–Trinajstić information content (AvgIpc) is 3.24. The molecule has 0 unspecified atom stereocenters. The summed E-state index contributed by atoms with van der Waals surface area (Å²) in [4.78, 5) is 15.6. The number of carbonyl (C=O) groups is 1.